The van der Waals surface area contributed by atoms with Crippen molar-refractivity contribution in [2.24, 2.45) is 0 Å². The first-order valence-electron chi connectivity index (χ1n) is 9.94. The van der Waals surface area contributed by atoms with Crippen LogP contribution >= 0.6 is 15.9 Å². The van der Waals surface area contributed by atoms with Crippen LogP contribution in [-0.2, 0) is 16.0 Å². The second-order valence-corrected chi connectivity index (χ2v) is 8.18. The van der Waals surface area contributed by atoms with Gasteiger partial charge in [-0.05, 0) is 65.2 Å². The fourth-order valence-electron chi connectivity index (χ4n) is 3.49. The molecular formula is C25H18BrFN2O4. The first-order chi connectivity index (χ1) is 15.9. The predicted octanol–water partition coefficient (Wildman–Crippen LogP) is 4.85. The molecule has 0 atom stereocenters. The van der Waals surface area contributed by atoms with Crippen LogP contribution in [0.25, 0.3) is 6.08 Å². The van der Waals surface area contributed by atoms with Crippen molar-refractivity contribution >= 4 is 45.5 Å². The van der Waals surface area contributed by atoms with Crippen LogP contribution in [0.1, 0.15) is 16.7 Å². The molecule has 1 N–H and O–H groups in total. The van der Waals surface area contributed by atoms with E-state index in [1.165, 1.54) is 19.3 Å². The molecule has 1 saturated heterocycles. The number of benzene rings is 3. The monoisotopic (exact) mass is 508 g/mol. The van der Waals surface area contributed by atoms with E-state index in [-0.39, 0.29) is 17.8 Å². The maximum absolute atomic E-state index is 14.3. The van der Waals surface area contributed by atoms with E-state index in [4.69, 9.17) is 4.74 Å². The Balaban J connectivity index is 1.76. The third-order valence-electron chi connectivity index (χ3n) is 5.18. The van der Waals surface area contributed by atoms with Crippen molar-refractivity contribution in [2.45, 2.75) is 6.42 Å². The number of hydrogen-bond donors (Lipinski definition) is 1. The number of carbonyl (C=O) groups excluding carboxylic acids is 3. The fraction of sp³-hybridized carbons (Fsp3) is 0.0800. The molecule has 0 radical (unpaired) electrons. The zero-order valence-corrected chi connectivity index (χ0v) is 19.1. The van der Waals surface area contributed by atoms with Crippen LogP contribution in [0.15, 0.2) is 76.8 Å². The molecule has 0 aliphatic carbocycles. The Morgan fingerprint density at radius 2 is 1.73 bits per heavy atom. The maximum Gasteiger partial charge on any atom is 0.335 e. The van der Waals surface area contributed by atoms with E-state index >= 15 is 0 Å². The summed E-state index contributed by atoms with van der Waals surface area (Å²) in [5.74, 6) is -1.36. The number of barbiturate groups is 1. The Morgan fingerprint density at radius 3 is 2.42 bits per heavy atom. The first kappa shape index (κ1) is 22.4. The molecule has 4 amide bonds. The highest BCUT2D eigenvalue weighted by molar-refractivity contribution is 9.10. The molecule has 33 heavy (non-hydrogen) atoms. The third-order valence-corrected chi connectivity index (χ3v) is 5.70. The van der Waals surface area contributed by atoms with Crippen LogP contribution < -0.4 is 15.0 Å². The number of anilines is 1. The number of nitrogens with zero attached hydrogens (tertiary/aromatic N) is 1. The van der Waals surface area contributed by atoms with Crippen LogP contribution in [0, 0.1) is 5.82 Å². The molecule has 0 spiro atoms. The van der Waals surface area contributed by atoms with Gasteiger partial charge in [0, 0.05) is 10.9 Å². The molecular weight excluding hydrogens is 491 g/mol. The summed E-state index contributed by atoms with van der Waals surface area (Å²) in [5, 5.41) is 2.21. The highest BCUT2D eigenvalue weighted by atomic mass is 79.9. The topological polar surface area (TPSA) is 75.7 Å². The maximum atomic E-state index is 14.3. The van der Waals surface area contributed by atoms with Gasteiger partial charge in [0.1, 0.15) is 17.1 Å². The summed E-state index contributed by atoms with van der Waals surface area (Å²) >= 11 is 3.31. The summed E-state index contributed by atoms with van der Waals surface area (Å²) in [6.45, 7) is 0. The van der Waals surface area contributed by atoms with Crippen molar-refractivity contribution in [3.63, 3.8) is 0 Å². The number of imide groups is 2. The largest absolute Gasteiger partial charge is 0.497 e. The van der Waals surface area contributed by atoms with Gasteiger partial charge in [-0.3, -0.25) is 14.9 Å². The Hall–Kier alpha value is -3.78. The molecule has 0 unspecified atom stereocenters. The highest BCUT2D eigenvalue weighted by Gasteiger charge is 2.36. The van der Waals surface area contributed by atoms with E-state index in [1.807, 2.05) is 0 Å². The molecule has 1 fully saturated rings. The van der Waals surface area contributed by atoms with Crippen molar-refractivity contribution in [1.29, 1.82) is 0 Å². The number of urea groups is 1. The summed E-state index contributed by atoms with van der Waals surface area (Å²) < 4.78 is 20.3. The van der Waals surface area contributed by atoms with E-state index in [9.17, 15) is 18.8 Å². The number of amides is 4. The molecule has 1 aliphatic heterocycles. The van der Waals surface area contributed by atoms with Gasteiger partial charge in [-0.1, -0.05) is 40.2 Å². The standard InChI is InChI=1S/C25H18BrFN2O4/c1-33-20-11-6-15(17(13-20)12-16-4-2-3-5-22(16)27)14-21-23(30)28-25(32)29(24(21)31)19-9-7-18(26)8-10-19/h2-11,13-14H,12H2,1H3,(H,28,30,32)/b21-14+. The Morgan fingerprint density at radius 1 is 1.00 bits per heavy atom. The lowest BCUT2D eigenvalue weighted by Gasteiger charge is -2.26. The molecule has 6 nitrogen and oxygen atoms in total. The van der Waals surface area contributed by atoms with Crippen LogP contribution in [0.4, 0.5) is 14.9 Å². The molecule has 1 aliphatic rings. The molecule has 3 aromatic carbocycles. The van der Waals surface area contributed by atoms with Crippen LogP contribution in [0.5, 0.6) is 5.75 Å². The van der Waals surface area contributed by atoms with Crippen molar-refractivity contribution < 1.29 is 23.5 Å². The summed E-state index contributed by atoms with van der Waals surface area (Å²) in [5.41, 5.74) is 1.75. The lowest BCUT2D eigenvalue weighted by atomic mass is 9.96. The SMILES string of the molecule is COc1ccc(/C=C2\C(=O)NC(=O)N(c3ccc(Br)cc3)C2=O)c(Cc2ccccc2F)c1. The average molecular weight is 509 g/mol. The van der Waals surface area contributed by atoms with Gasteiger partial charge in [0.05, 0.1) is 12.8 Å². The number of carbonyl (C=O) groups is 3. The summed E-state index contributed by atoms with van der Waals surface area (Å²) in [7, 11) is 1.51. The second kappa shape index (κ2) is 9.38. The van der Waals surface area contributed by atoms with Crippen molar-refractivity contribution in [3.8, 4) is 5.75 Å². The smallest absolute Gasteiger partial charge is 0.335 e. The number of nitrogens with one attached hydrogen (secondary N) is 1. The van der Waals surface area contributed by atoms with Crippen molar-refractivity contribution in [2.75, 3.05) is 12.0 Å². The van der Waals surface area contributed by atoms with Crippen LogP contribution in [-0.4, -0.2) is 25.0 Å². The molecule has 0 bridgehead atoms. The molecule has 8 heteroatoms. The summed E-state index contributed by atoms with van der Waals surface area (Å²) in [6.07, 6.45) is 1.62. The van der Waals surface area contributed by atoms with Crippen molar-refractivity contribution in [1.82, 2.24) is 5.32 Å². The number of ether oxygens (including phenoxy) is 1. The Kier molecular flexibility index (Phi) is 6.37. The van der Waals surface area contributed by atoms with Gasteiger partial charge in [-0.2, -0.15) is 0 Å². The van der Waals surface area contributed by atoms with Gasteiger partial charge >= 0.3 is 6.03 Å². The Bertz CT molecular complexity index is 1290. The molecule has 4 rings (SSSR count). The Labute approximate surface area is 197 Å². The van der Waals surface area contributed by atoms with Crippen molar-refractivity contribution in [3.05, 3.63) is 99.3 Å². The van der Waals surface area contributed by atoms with Gasteiger partial charge in [-0.15, -0.1) is 0 Å². The fourth-order valence-corrected chi connectivity index (χ4v) is 3.75. The minimum absolute atomic E-state index is 0.211. The molecule has 0 saturated carbocycles. The lowest BCUT2D eigenvalue weighted by Crippen LogP contribution is -2.54. The van der Waals surface area contributed by atoms with Crippen LogP contribution in [0.3, 0.4) is 0 Å². The molecule has 3 aromatic rings. The average Bonchev–Trinajstić information content (AvgIpc) is 2.80. The van der Waals surface area contributed by atoms with Gasteiger partial charge in [0.15, 0.2) is 0 Å². The quantitative estimate of drug-likeness (QED) is 0.394. The first-order valence-corrected chi connectivity index (χ1v) is 10.7. The minimum Gasteiger partial charge on any atom is -0.497 e. The predicted molar refractivity (Wildman–Crippen MR) is 125 cm³/mol. The molecule has 1 heterocycles. The van der Waals surface area contributed by atoms with Gasteiger partial charge in [0.2, 0.25) is 0 Å². The summed E-state index contributed by atoms with van der Waals surface area (Å²) in [4.78, 5) is 39.0. The number of methoxy groups -OCH3 is 1. The summed E-state index contributed by atoms with van der Waals surface area (Å²) in [6, 6.07) is 17.2. The van der Waals surface area contributed by atoms with E-state index in [0.717, 1.165) is 9.37 Å². The minimum atomic E-state index is -0.828. The third kappa shape index (κ3) is 4.70. The van der Waals surface area contributed by atoms with Gasteiger partial charge in [-0.25, -0.2) is 14.1 Å². The number of halogens is 2. The number of hydrogen-bond acceptors (Lipinski definition) is 4. The normalized spacial score (nSPS) is 15.1. The van der Waals surface area contributed by atoms with Gasteiger partial charge < -0.3 is 4.74 Å². The van der Waals surface area contributed by atoms with E-state index in [2.05, 4.69) is 21.2 Å². The number of rotatable bonds is 5. The van der Waals surface area contributed by atoms with E-state index in [0.29, 0.717) is 28.1 Å². The highest BCUT2D eigenvalue weighted by Crippen LogP contribution is 2.27. The second-order valence-electron chi connectivity index (χ2n) is 7.27. The molecule has 0 aromatic heterocycles. The zero-order chi connectivity index (χ0) is 23.5. The zero-order valence-electron chi connectivity index (χ0n) is 17.5. The van der Waals surface area contributed by atoms with E-state index in [1.54, 1.807) is 60.7 Å². The van der Waals surface area contributed by atoms with Gasteiger partial charge in [0.25, 0.3) is 11.8 Å². The van der Waals surface area contributed by atoms with E-state index < -0.39 is 17.8 Å². The van der Waals surface area contributed by atoms with Crippen LogP contribution in [0.2, 0.25) is 0 Å². The lowest BCUT2D eigenvalue weighted by molar-refractivity contribution is -0.122. The molecule has 166 valence electrons.